The van der Waals surface area contributed by atoms with Gasteiger partial charge in [-0.1, -0.05) is 34.9 Å². The van der Waals surface area contributed by atoms with E-state index < -0.39 is 23.6 Å². The lowest BCUT2D eigenvalue weighted by molar-refractivity contribution is -0.149. The number of carbonyl (C=O) groups excluding carboxylic acids is 2. The summed E-state index contributed by atoms with van der Waals surface area (Å²) in [4.78, 5) is 23.9. The molecule has 1 aliphatic carbocycles. The summed E-state index contributed by atoms with van der Waals surface area (Å²) in [6.07, 6.45) is 10.2. The first-order chi connectivity index (χ1) is 14.1. The lowest BCUT2D eigenvalue weighted by Gasteiger charge is -2.37. The monoisotopic (exact) mass is 420 g/mol. The molecule has 0 aromatic heterocycles. The van der Waals surface area contributed by atoms with Gasteiger partial charge < -0.3 is 14.6 Å². The fourth-order valence-electron chi connectivity index (χ4n) is 4.10. The molecule has 30 heavy (non-hydrogen) atoms. The molecule has 1 rings (SSSR count). The van der Waals surface area contributed by atoms with Crippen LogP contribution in [0, 0.1) is 5.41 Å². The Morgan fingerprint density at radius 2 is 1.70 bits per heavy atom. The van der Waals surface area contributed by atoms with Crippen LogP contribution in [0.15, 0.2) is 34.9 Å². The first-order valence-corrected chi connectivity index (χ1v) is 10.9. The summed E-state index contributed by atoms with van der Waals surface area (Å²) in [7, 11) is 2.85. The third kappa shape index (κ3) is 8.19. The molecule has 5 nitrogen and oxygen atoms in total. The van der Waals surface area contributed by atoms with Crippen LogP contribution in [-0.4, -0.2) is 43.3 Å². The number of ether oxygens (including phenoxy) is 2. The molecular formula is C25H40O5. The van der Waals surface area contributed by atoms with Gasteiger partial charge in [0.25, 0.3) is 0 Å². The number of aliphatic hydroxyl groups is 1. The zero-order valence-corrected chi connectivity index (χ0v) is 19.6. The third-order valence-corrected chi connectivity index (χ3v) is 6.07. The minimum absolute atomic E-state index is 0.00962. The van der Waals surface area contributed by atoms with E-state index in [-0.39, 0.29) is 25.0 Å². The van der Waals surface area contributed by atoms with Crippen molar-refractivity contribution >= 4 is 11.8 Å². The van der Waals surface area contributed by atoms with Crippen LogP contribution in [0.25, 0.3) is 0 Å². The number of Topliss-reactive ketones (excluding diaryl/α,β-unsaturated/α-hetero) is 1. The highest BCUT2D eigenvalue weighted by Gasteiger charge is 2.51. The summed E-state index contributed by atoms with van der Waals surface area (Å²) in [5.74, 6) is -0.391. The van der Waals surface area contributed by atoms with Crippen LogP contribution in [0.3, 0.4) is 0 Å². The number of hydrogen-bond acceptors (Lipinski definition) is 5. The van der Waals surface area contributed by atoms with Gasteiger partial charge in [0.15, 0.2) is 0 Å². The summed E-state index contributed by atoms with van der Waals surface area (Å²) in [5.41, 5.74) is 3.18. The van der Waals surface area contributed by atoms with E-state index in [4.69, 9.17) is 9.47 Å². The van der Waals surface area contributed by atoms with Gasteiger partial charge in [-0.05, 0) is 59.8 Å². The highest BCUT2D eigenvalue weighted by Crippen LogP contribution is 2.45. The topological polar surface area (TPSA) is 72.8 Å². The zero-order chi connectivity index (χ0) is 22.7. The van der Waals surface area contributed by atoms with Crippen LogP contribution in [0.2, 0.25) is 0 Å². The number of allylic oxidation sites excluding steroid dienone is 6. The second kappa shape index (κ2) is 12.9. The number of aliphatic hydroxyl groups excluding tert-OH is 1. The van der Waals surface area contributed by atoms with Gasteiger partial charge in [0, 0.05) is 25.4 Å². The molecule has 1 N–H and O–H groups in total. The number of rotatable bonds is 12. The highest BCUT2D eigenvalue weighted by molar-refractivity contribution is 5.83. The number of hydrogen-bond donors (Lipinski definition) is 1. The van der Waals surface area contributed by atoms with Crippen LogP contribution in [-0.2, 0) is 19.1 Å². The fourth-order valence-corrected chi connectivity index (χ4v) is 4.10. The lowest BCUT2D eigenvalue weighted by Crippen LogP contribution is -2.44. The average Bonchev–Trinajstić information content (AvgIpc) is 2.97. The smallest absolute Gasteiger partial charge is 0.308 e. The van der Waals surface area contributed by atoms with Crippen molar-refractivity contribution < 1.29 is 24.2 Å². The van der Waals surface area contributed by atoms with Gasteiger partial charge in [-0.3, -0.25) is 9.59 Å². The van der Waals surface area contributed by atoms with Gasteiger partial charge in [-0.25, -0.2) is 0 Å². The highest BCUT2D eigenvalue weighted by atomic mass is 16.5. The van der Waals surface area contributed by atoms with Crippen molar-refractivity contribution in [3.8, 4) is 0 Å². The van der Waals surface area contributed by atoms with Crippen molar-refractivity contribution in [2.75, 3.05) is 14.2 Å². The molecular weight excluding hydrogens is 380 g/mol. The van der Waals surface area contributed by atoms with E-state index in [1.165, 1.54) is 30.9 Å². The Balaban J connectivity index is 2.78. The summed E-state index contributed by atoms with van der Waals surface area (Å²) in [6, 6.07) is 0. The number of ketones is 1. The van der Waals surface area contributed by atoms with Crippen molar-refractivity contribution in [1.29, 1.82) is 0 Å². The zero-order valence-electron chi connectivity index (χ0n) is 19.6. The maximum absolute atomic E-state index is 12.1. The molecule has 1 fully saturated rings. The van der Waals surface area contributed by atoms with Gasteiger partial charge in [0.2, 0.25) is 0 Å². The molecule has 3 atom stereocenters. The molecule has 5 heteroatoms. The van der Waals surface area contributed by atoms with Crippen molar-refractivity contribution in [3.63, 3.8) is 0 Å². The molecule has 1 saturated carbocycles. The van der Waals surface area contributed by atoms with Crippen molar-refractivity contribution in [2.45, 2.75) is 91.3 Å². The second-order valence-electron chi connectivity index (χ2n) is 8.84. The van der Waals surface area contributed by atoms with Gasteiger partial charge in [-0.2, -0.15) is 0 Å². The van der Waals surface area contributed by atoms with Crippen LogP contribution < -0.4 is 0 Å². The standard InChI is InChI=1S/C25H40O5/c1-18(2)9-7-10-19(3)11-8-12-20(4)13-14-25(17-21(26)15-22(25)27)23(29-5)16-24(28)30-6/h9,11,13,22-23,27H,7-8,10,12,14-17H2,1-6H3. The Morgan fingerprint density at radius 3 is 2.20 bits per heavy atom. The van der Waals surface area contributed by atoms with E-state index in [0.717, 1.165) is 25.7 Å². The maximum atomic E-state index is 12.1. The molecule has 0 aliphatic heterocycles. The predicted octanol–water partition coefficient (Wildman–Crippen LogP) is 5.08. The summed E-state index contributed by atoms with van der Waals surface area (Å²) >= 11 is 0. The van der Waals surface area contributed by atoms with Gasteiger partial charge in [-0.15, -0.1) is 0 Å². The quantitative estimate of drug-likeness (QED) is 0.352. The maximum Gasteiger partial charge on any atom is 0.308 e. The Hall–Kier alpha value is -1.72. The molecule has 0 aromatic carbocycles. The normalized spacial score (nSPS) is 23.4. The van der Waals surface area contributed by atoms with E-state index >= 15 is 0 Å². The summed E-state index contributed by atoms with van der Waals surface area (Å²) < 4.78 is 10.4. The number of esters is 1. The first-order valence-electron chi connectivity index (χ1n) is 10.9. The molecule has 1 aliphatic rings. The van der Waals surface area contributed by atoms with Crippen LogP contribution >= 0.6 is 0 Å². The van der Waals surface area contributed by atoms with Crippen LogP contribution in [0.1, 0.15) is 79.1 Å². The molecule has 3 unspecified atom stereocenters. The molecule has 0 saturated heterocycles. The van der Waals surface area contributed by atoms with Gasteiger partial charge in [0.05, 0.1) is 25.7 Å². The van der Waals surface area contributed by atoms with Crippen molar-refractivity contribution in [1.82, 2.24) is 0 Å². The molecule has 0 radical (unpaired) electrons. The van der Waals surface area contributed by atoms with E-state index in [9.17, 15) is 14.7 Å². The average molecular weight is 421 g/mol. The van der Waals surface area contributed by atoms with E-state index in [2.05, 4.69) is 45.9 Å². The van der Waals surface area contributed by atoms with Crippen LogP contribution in [0.4, 0.5) is 0 Å². The Bertz CT molecular complexity index is 669. The Labute approximate surface area is 182 Å². The van der Waals surface area contributed by atoms with Crippen molar-refractivity contribution in [3.05, 3.63) is 34.9 Å². The van der Waals surface area contributed by atoms with E-state index in [1.807, 2.05) is 0 Å². The third-order valence-electron chi connectivity index (χ3n) is 6.07. The first kappa shape index (κ1) is 26.3. The summed E-state index contributed by atoms with van der Waals surface area (Å²) in [6.45, 7) is 8.48. The Morgan fingerprint density at radius 1 is 1.10 bits per heavy atom. The van der Waals surface area contributed by atoms with E-state index in [0.29, 0.717) is 6.42 Å². The molecule has 0 heterocycles. The minimum Gasteiger partial charge on any atom is -0.469 e. The van der Waals surface area contributed by atoms with Crippen LogP contribution in [0.5, 0.6) is 0 Å². The molecule has 0 spiro atoms. The van der Waals surface area contributed by atoms with E-state index in [1.54, 1.807) is 0 Å². The molecule has 170 valence electrons. The lowest BCUT2D eigenvalue weighted by atomic mass is 9.73. The number of carbonyl (C=O) groups is 2. The molecule has 0 bridgehead atoms. The second-order valence-corrected chi connectivity index (χ2v) is 8.84. The SMILES string of the molecule is COC(=O)CC(OC)C1(CC=C(C)CCC=C(C)CCC=C(C)C)CC(=O)CC1O. The number of methoxy groups -OCH3 is 2. The summed E-state index contributed by atoms with van der Waals surface area (Å²) in [5, 5.41) is 10.7. The minimum atomic E-state index is -0.819. The van der Waals surface area contributed by atoms with Crippen molar-refractivity contribution in [2.24, 2.45) is 5.41 Å². The Kier molecular flexibility index (Phi) is 11.3. The van der Waals surface area contributed by atoms with Gasteiger partial charge in [0.1, 0.15) is 5.78 Å². The molecule has 0 aromatic rings. The van der Waals surface area contributed by atoms with Gasteiger partial charge >= 0.3 is 5.97 Å². The molecule has 0 amide bonds. The fraction of sp³-hybridized carbons (Fsp3) is 0.680. The predicted molar refractivity (Wildman–Crippen MR) is 120 cm³/mol. The largest absolute Gasteiger partial charge is 0.469 e.